The van der Waals surface area contributed by atoms with Crippen LogP contribution >= 0.6 is 23.2 Å². The molecule has 0 unspecified atom stereocenters. The summed E-state index contributed by atoms with van der Waals surface area (Å²) in [4.78, 5) is 80.2. The van der Waals surface area contributed by atoms with Gasteiger partial charge in [-0.1, -0.05) is 83.9 Å². The summed E-state index contributed by atoms with van der Waals surface area (Å²) in [7, 11) is 5.95. The van der Waals surface area contributed by atoms with Crippen LogP contribution in [0.1, 0.15) is 60.1 Å². The molecule has 22 nitrogen and oxygen atoms in total. The van der Waals surface area contributed by atoms with Crippen LogP contribution in [-0.4, -0.2) is 160 Å². The van der Waals surface area contributed by atoms with E-state index in [4.69, 9.17) is 34.7 Å². The highest BCUT2D eigenvalue weighted by Crippen LogP contribution is 2.60. The molecule has 0 spiro atoms. The summed E-state index contributed by atoms with van der Waals surface area (Å²) in [5.41, 5.74) is 0.459. The van der Waals surface area contributed by atoms with Crippen molar-refractivity contribution in [3.05, 3.63) is 162 Å². The number of nitrogens with two attached hydrogens (primary N) is 2. The van der Waals surface area contributed by atoms with Crippen molar-refractivity contribution in [1.29, 1.82) is 0 Å². The molecule has 6 aliphatic rings. The number of nitrogens with zero attached hydrogens (tertiary/aromatic N) is 2. The van der Waals surface area contributed by atoms with Gasteiger partial charge < -0.3 is 73.2 Å². The SMILES string of the molecule is CN(C)[C@@H]1C(=O)C(C(N)=O)=C(O)[C@@]2(O)C(=O)C3=C(O)c4c(O)ccc(Cl)c4[C@@](C)(O)[C@H]3C[C@@H]12.CN(C)[C@@H]1C(=O)C(C(N)=O)=C(O)[C@@]2(O)C(=O)C3=C(O)c4c(O)ccc(Cl)c4[C@@](C)(O)[C@H]3C[C@@H]12.c1ccc(CNCCNCc2ccccc2)cc1. The molecule has 0 bridgehead atoms. The van der Waals surface area contributed by atoms with Crippen LogP contribution in [0.3, 0.4) is 0 Å². The van der Waals surface area contributed by atoms with E-state index in [9.17, 15) is 79.8 Å². The molecule has 10 atom stereocenters. The Balaban J connectivity index is 0.000000172. The maximum Gasteiger partial charge on any atom is 0.255 e. The zero-order valence-corrected chi connectivity index (χ0v) is 48.0. The molecule has 2 amide bonds. The number of carbonyl (C=O) groups is 6. The van der Waals surface area contributed by atoms with E-state index in [0.29, 0.717) is 0 Å². The Kier molecular flexibility index (Phi) is 17.3. The van der Waals surface area contributed by atoms with Crippen molar-refractivity contribution in [3.8, 4) is 11.5 Å². The van der Waals surface area contributed by atoms with Crippen molar-refractivity contribution in [2.24, 2.45) is 35.1 Å². The van der Waals surface area contributed by atoms with Gasteiger partial charge in [0.15, 0.2) is 22.8 Å². The van der Waals surface area contributed by atoms with Gasteiger partial charge in [0.05, 0.1) is 34.4 Å². The number of nitrogens with one attached hydrogen (secondary N) is 2. The lowest BCUT2D eigenvalue weighted by Gasteiger charge is -2.53. The number of phenols is 2. The Hall–Kier alpha value is -7.48. The standard InChI is InChI=1S/2C22H23ClN2O8.C16H20N2/c2*1-21(32)7-6-8-15(25(2)3)17(28)13(20(24)31)19(30)22(8,33)18(29)11(7)16(27)12-10(26)5-4-9(23)14(12)21;1-3-7-15(8-4-1)13-17-11-12-18-14-16-9-5-2-6-10-16/h2*4-5,7-8,15,26-27,30,32-33H,6H2,1-3H3,(H2,24,31);1-10,17-18H,11-14H2/t2*7-,8-,15-,21-,22-;/m00./s1. The molecule has 0 radical (unpaired) electrons. The number of fused-ring (bicyclic) bond motifs is 6. The number of aliphatic hydroxyl groups is 8. The maximum atomic E-state index is 13.7. The Morgan fingerprint density at radius 2 is 0.869 bits per heavy atom. The smallest absolute Gasteiger partial charge is 0.255 e. The summed E-state index contributed by atoms with van der Waals surface area (Å²) in [6, 6.07) is 23.4. The number of benzene rings is 4. The second kappa shape index (κ2) is 23.2. The van der Waals surface area contributed by atoms with Gasteiger partial charge in [-0.15, -0.1) is 0 Å². The predicted octanol–water partition coefficient (Wildman–Crippen LogP) is 3.13. The van der Waals surface area contributed by atoms with Crippen LogP contribution < -0.4 is 22.1 Å². The van der Waals surface area contributed by atoms with E-state index in [1.54, 1.807) is 0 Å². The molecule has 4 aromatic rings. The van der Waals surface area contributed by atoms with E-state index in [1.165, 1.54) is 87.2 Å². The number of primary amides is 2. The number of hydrogen-bond acceptors (Lipinski definition) is 20. The third-order valence-corrected chi connectivity index (χ3v) is 17.6. The number of halogens is 2. The summed E-state index contributed by atoms with van der Waals surface area (Å²) in [5, 5.41) is 117. The van der Waals surface area contributed by atoms with Crippen LogP contribution in [0.15, 0.2) is 119 Å². The number of likely N-dealkylation sites (N-methyl/N-ethyl adjacent to an activating group) is 2. The number of Topliss-reactive ketones (excluding diaryl/α,β-unsaturated/α-hetero) is 4. The fourth-order valence-corrected chi connectivity index (χ4v) is 13.7. The van der Waals surface area contributed by atoms with Gasteiger partial charge in [-0.2, -0.15) is 0 Å². The summed E-state index contributed by atoms with van der Waals surface area (Å²) in [6.07, 6.45) is -0.518. The fraction of sp³-hybridized carbons (Fsp3) is 0.367. The first-order valence-corrected chi connectivity index (χ1v) is 27.4. The molecule has 0 saturated heterocycles. The lowest BCUT2D eigenvalue weighted by Crippen LogP contribution is -2.67. The van der Waals surface area contributed by atoms with E-state index < -0.39 is 150 Å². The van der Waals surface area contributed by atoms with E-state index in [2.05, 4.69) is 59.2 Å². The summed E-state index contributed by atoms with van der Waals surface area (Å²) >= 11 is 12.6. The third-order valence-electron chi connectivity index (χ3n) is 17.0. The third kappa shape index (κ3) is 10.1. The minimum absolute atomic E-state index is 0.0187. The monoisotopic (exact) mass is 1200 g/mol. The summed E-state index contributed by atoms with van der Waals surface area (Å²) in [5.74, 6) is -16.6. The predicted molar refractivity (Wildman–Crippen MR) is 307 cm³/mol. The van der Waals surface area contributed by atoms with Crippen molar-refractivity contribution in [3.63, 3.8) is 0 Å². The van der Waals surface area contributed by atoms with Crippen LogP contribution in [0.2, 0.25) is 10.0 Å². The van der Waals surface area contributed by atoms with Gasteiger partial charge in [0.2, 0.25) is 11.6 Å². The van der Waals surface area contributed by atoms with Crippen LogP contribution in [0.5, 0.6) is 11.5 Å². The second-order valence-electron chi connectivity index (χ2n) is 22.5. The van der Waals surface area contributed by atoms with E-state index in [1.807, 2.05) is 12.1 Å². The van der Waals surface area contributed by atoms with Crippen molar-refractivity contribution >= 4 is 69.7 Å². The molecule has 10 rings (SSSR count). The van der Waals surface area contributed by atoms with Crippen molar-refractivity contribution in [1.82, 2.24) is 20.4 Å². The molecule has 4 aromatic carbocycles. The van der Waals surface area contributed by atoms with Crippen LogP contribution in [0.25, 0.3) is 11.5 Å². The number of carbonyl (C=O) groups excluding carboxylic acids is 6. The number of aliphatic hydroxyl groups excluding tert-OH is 4. The van der Waals surface area contributed by atoms with Crippen molar-refractivity contribution in [2.75, 3.05) is 41.3 Å². The van der Waals surface area contributed by atoms with Gasteiger partial charge >= 0.3 is 0 Å². The zero-order chi connectivity index (χ0) is 62.0. The van der Waals surface area contributed by atoms with Crippen LogP contribution in [0.4, 0.5) is 0 Å². The normalized spacial score (nSPS) is 28.7. The minimum Gasteiger partial charge on any atom is -0.508 e. The van der Waals surface area contributed by atoms with Crippen LogP contribution in [0, 0.1) is 23.7 Å². The van der Waals surface area contributed by atoms with Gasteiger partial charge in [0.25, 0.3) is 11.8 Å². The Bertz CT molecular complexity index is 3300. The second-order valence-corrected chi connectivity index (χ2v) is 23.3. The quantitative estimate of drug-likeness (QED) is 0.0757. The van der Waals surface area contributed by atoms with Gasteiger partial charge in [0, 0.05) is 82.2 Å². The van der Waals surface area contributed by atoms with E-state index in [0.717, 1.165) is 26.2 Å². The van der Waals surface area contributed by atoms with Crippen molar-refractivity contribution < 1.29 is 79.8 Å². The van der Waals surface area contributed by atoms with Crippen LogP contribution in [-0.2, 0) is 53.1 Å². The molecule has 16 N–H and O–H groups in total. The number of aromatic hydroxyl groups is 2. The minimum atomic E-state index is -2.78. The van der Waals surface area contributed by atoms with Gasteiger partial charge in [-0.05, 0) is 90.3 Å². The molecular formula is C60H66Cl2N6O16. The molecule has 2 fully saturated rings. The topological polar surface area (TPSA) is 387 Å². The molecule has 0 heterocycles. The number of hydrogen-bond donors (Lipinski definition) is 14. The average molecular weight is 1200 g/mol. The lowest BCUT2D eigenvalue weighted by atomic mass is 9.54. The lowest BCUT2D eigenvalue weighted by molar-refractivity contribution is -0.160. The van der Waals surface area contributed by atoms with Crippen molar-refractivity contribution in [2.45, 2.75) is 74.3 Å². The maximum absolute atomic E-state index is 13.7. The molecule has 0 aliphatic heterocycles. The van der Waals surface area contributed by atoms with Gasteiger partial charge in [0.1, 0.15) is 45.7 Å². The number of rotatable bonds is 11. The van der Waals surface area contributed by atoms with E-state index >= 15 is 0 Å². The van der Waals surface area contributed by atoms with Gasteiger partial charge in [-0.25, -0.2) is 0 Å². The molecule has 84 heavy (non-hydrogen) atoms. The molecule has 6 aliphatic carbocycles. The molecule has 24 heteroatoms. The highest BCUT2D eigenvalue weighted by Gasteiger charge is 2.68. The average Bonchev–Trinajstić information content (AvgIpc) is 0.745. The largest absolute Gasteiger partial charge is 0.508 e. The molecule has 0 aromatic heterocycles. The number of ketones is 4. The first-order chi connectivity index (χ1) is 39.3. The Morgan fingerprint density at radius 1 is 0.548 bits per heavy atom. The van der Waals surface area contributed by atoms with Gasteiger partial charge in [-0.3, -0.25) is 38.6 Å². The first-order valence-electron chi connectivity index (χ1n) is 26.6. The molecule has 2 saturated carbocycles. The number of phenolic OH excluding ortho intramolecular Hbond substituents is 2. The van der Waals surface area contributed by atoms with E-state index in [-0.39, 0.29) is 45.1 Å². The Morgan fingerprint density at radius 3 is 1.17 bits per heavy atom. The number of amides is 2. The summed E-state index contributed by atoms with van der Waals surface area (Å²) in [6.45, 7) is 6.53. The Labute approximate surface area is 492 Å². The highest BCUT2D eigenvalue weighted by atomic mass is 35.5. The summed E-state index contributed by atoms with van der Waals surface area (Å²) < 4.78 is 0. The zero-order valence-electron chi connectivity index (χ0n) is 46.5. The molecular weight excluding hydrogens is 1130 g/mol. The molecule has 446 valence electrons. The first kappa shape index (κ1) is 62.6. The fourth-order valence-electron chi connectivity index (χ4n) is 13.0. The highest BCUT2D eigenvalue weighted by molar-refractivity contribution is 6.33.